The van der Waals surface area contributed by atoms with Crippen LogP contribution in [0.3, 0.4) is 0 Å². The fourth-order valence-corrected chi connectivity index (χ4v) is 4.93. The zero-order valence-electron chi connectivity index (χ0n) is 22.0. The van der Waals surface area contributed by atoms with Gasteiger partial charge in [0.1, 0.15) is 5.75 Å². The van der Waals surface area contributed by atoms with Crippen LogP contribution in [-0.4, -0.2) is 41.7 Å². The van der Waals surface area contributed by atoms with Crippen LogP contribution in [0.2, 0.25) is 5.02 Å². The number of amides is 1. The second-order valence-electron chi connectivity index (χ2n) is 10.3. The predicted molar refractivity (Wildman–Crippen MR) is 151 cm³/mol. The second-order valence-corrected chi connectivity index (χ2v) is 10.8. The number of halogens is 1. The van der Waals surface area contributed by atoms with Crippen LogP contribution in [0, 0.1) is 0 Å². The molecule has 3 aromatic rings. The molecule has 3 aromatic carbocycles. The topological polar surface area (TPSA) is 78.9 Å². The van der Waals surface area contributed by atoms with Gasteiger partial charge < -0.3 is 20.1 Å². The molecule has 1 amide bonds. The van der Waals surface area contributed by atoms with Crippen LogP contribution in [-0.2, 0) is 17.6 Å². The highest BCUT2D eigenvalue weighted by Gasteiger charge is 2.29. The van der Waals surface area contributed by atoms with Gasteiger partial charge in [0.15, 0.2) is 5.60 Å². The molecule has 0 bridgehead atoms. The molecule has 1 aliphatic heterocycles. The van der Waals surface area contributed by atoms with Crippen molar-refractivity contribution in [3.05, 3.63) is 94.5 Å². The SMILES string of the molecule is CC(C)(Oc1ccc(CC(Cc2ccccc2)NC(=O)c2cc(Cl)ccc2N2CCCCC2)cc1)C(=O)O. The van der Waals surface area contributed by atoms with Gasteiger partial charge >= 0.3 is 5.97 Å². The summed E-state index contributed by atoms with van der Waals surface area (Å²) >= 11 is 6.33. The van der Waals surface area contributed by atoms with Crippen molar-refractivity contribution in [1.82, 2.24) is 5.32 Å². The molecule has 1 unspecified atom stereocenters. The lowest BCUT2D eigenvalue weighted by Crippen LogP contribution is -2.39. The summed E-state index contributed by atoms with van der Waals surface area (Å²) in [6.07, 6.45) is 4.70. The molecule has 4 rings (SSSR count). The number of nitrogens with zero attached hydrogens (tertiary/aromatic N) is 1. The standard InChI is InChI=1S/C31H35ClN2O4/c1-31(2,30(36)37)38-26-14-11-23(12-15-26)20-25(19-22-9-5-3-6-10-22)33-29(35)27-21-24(32)13-16-28(27)34-17-7-4-8-18-34/h3,5-6,9-16,21,25H,4,7-8,17-20H2,1-2H3,(H,33,35)(H,36,37). The maximum Gasteiger partial charge on any atom is 0.347 e. The molecular weight excluding hydrogens is 500 g/mol. The first kappa shape index (κ1) is 27.5. The Morgan fingerprint density at radius 3 is 2.21 bits per heavy atom. The Labute approximate surface area is 229 Å². The quantitative estimate of drug-likeness (QED) is 0.326. The third-order valence-corrected chi connectivity index (χ3v) is 7.09. The summed E-state index contributed by atoms with van der Waals surface area (Å²) in [7, 11) is 0. The first-order valence-electron chi connectivity index (χ1n) is 13.1. The van der Waals surface area contributed by atoms with E-state index in [-0.39, 0.29) is 11.9 Å². The Bertz CT molecular complexity index is 1240. The Morgan fingerprint density at radius 1 is 0.947 bits per heavy atom. The van der Waals surface area contributed by atoms with E-state index in [0.717, 1.165) is 42.7 Å². The maximum atomic E-state index is 13.7. The van der Waals surface area contributed by atoms with Crippen LogP contribution in [0.4, 0.5) is 5.69 Å². The number of carbonyl (C=O) groups excluding carboxylic acids is 1. The van der Waals surface area contributed by atoms with E-state index >= 15 is 0 Å². The van der Waals surface area contributed by atoms with E-state index in [1.165, 1.54) is 20.3 Å². The molecule has 200 valence electrons. The highest BCUT2D eigenvalue weighted by molar-refractivity contribution is 6.31. The van der Waals surface area contributed by atoms with Crippen molar-refractivity contribution >= 4 is 29.2 Å². The molecule has 1 atom stereocenters. The Balaban J connectivity index is 1.54. The molecule has 6 nitrogen and oxygen atoms in total. The van der Waals surface area contributed by atoms with E-state index in [0.29, 0.717) is 29.2 Å². The van der Waals surface area contributed by atoms with Gasteiger partial charge in [0.25, 0.3) is 5.91 Å². The Morgan fingerprint density at radius 2 is 1.58 bits per heavy atom. The number of hydrogen-bond acceptors (Lipinski definition) is 4. The van der Waals surface area contributed by atoms with Gasteiger partial charge in [-0.2, -0.15) is 0 Å². The summed E-state index contributed by atoms with van der Waals surface area (Å²) in [6, 6.07) is 22.8. The average Bonchev–Trinajstić information content (AvgIpc) is 2.90. The minimum atomic E-state index is -1.33. The molecule has 0 aliphatic carbocycles. The van der Waals surface area contributed by atoms with E-state index in [9.17, 15) is 14.7 Å². The van der Waals surface area contributed by atoms with Crippen LogP contribution in [0.25, 0.3) is 0 Å². The molecule has 1 heterocycles. The largest absolute Gasteiger partial charge is 0.478 e. The molecule has 1 saturated heterocycles. The highest BCUT2D eigenvalue weighted by Crippen LogP contribution is 2.28. The van der Waals surface area contributed by atoms with Gasteiger partial charge in [0, 0.05) is 29.8 Å². The lowest BCUT2D eigenvalue weighted by Gasteiger charge is -2.31. The van der Waals surface area contributed by atoms with Crippen molar-refractivity contribution in [3.63, 3.8) is 0 Å². The van der Waals surface area contributed by atoms with Gasteiger partial charge in [-0.25, -0.2) is 4.79 Å². The summed E-state index contributed by atoms with van der Waals surface area (Å²) in [4.78, 5) is 27.3. The van der Waals surface area contributed by atoms with Crippen molar-refractivity contribution in [2.45, 2.75) is 57.6 Å². The fraction of sp³-hybridized carbons (Fsp3) is 0.355. The maximum absolute atomic E-state index is 13.7. The van der Waals surface area contributed by atoms with Gasteiger partial charge in [0.2, 0.25) is 0 Å². The van der Waals surface area contributed by atoms with Gasteiger partial charge in [-0.05, 0) is 87.4 Å². The van der Waals surface area contributed by atoms with Crippen LogP contribution in [0.5, 0.6) is 5.75 Å². The minimum absolute atomic E-state index is 0.142. The van der Waals surface area contributed by atoms with E-state index in [1.807, 2.05) is 42.5 Å². The predicted octanol–water partition coefficient (Wildman–Crippen LogP) is 6.16. The van der Waals surface area contributed by atoms with Crippen molar-refractivity contribution in [2.24, 2.45) is 0 Å². The van der Waals surface area contributed by atoms with Crippen molar-refractivity contribution in [3.8, 4) is 5.75 Å². The van der Waals surface area contributed by atoms with E-state index in [2.05, 4.69) is 22.3 Å². The number of ether oxygens (including phenoxy) is 1. The van der Waals surface area contributed by atoms with Crippen LogP contribution < -0.4 is 15.0 Å². The number of aliphatic carboxylic acids is 1. The molecule has 2 N–H and O–H groups in total. The summed E-state index contributed by atoms with van der Waals surface area (Å²) < 4.78 is 5.64. The summed E-state index contributed by atoms with van der Waals surface area (Å²) in [6.45, 7) is 4.90. The smallest absolute Gasteiger partial charge is 0.347 e. The van der Waals surface area contributed by atoms with Gasteiger partial charge in [0.05, 0.1) is 5.56 Å². The molecule has 7 heteroatoms. The van der Waals surface area contributed by atoms with E-state index in [1.54, 1.807) is 18.2 Å². The lowest BCUT2D eigenvalue weighted by atomic mass is 9.98. The third-order valence-electron chi connectivity index (χ3n) is 6.85. The molecule has 0 saturated carbocycles. The van der Waals surface area contributed by atoms with Crippen LogP contribution in [0.1, 0.15) is 54.6 Å². The van der Waals surface area contributed by atoms with Gasteiger partial charge in [-0.3, -0.25) is 4.79 Å². The van der Waals surface area contributed by atoms with Crippen molar-refractivity contribution in [1.29, 1.82) is 0 Å². The van der Waals surface area contributed by atoms with Crippen molar-refractivity contribution in [2.75, 3.05) is 18.0 Å². The van der Waals surface area contributed by atoms with E-state index < -0.39 is 11.6 Å². The van der Waals surface area contributed by atoms with Crippen molar-refractivity contribution < 1.29 is 19.4 Å². The molecule has 0 aromatic heterocycles. The summed E-state index contributed by atoms with van der Waals surface area (Å²) in [5.74, 6) is -0.691. The van der Waals surface area contributed by atoms with Crippen LogP contribution in [0.15, 0.2) is 72.8 Å². The number of anilines is 1. The first-order chi connectivity index (χ1) is 18.2. The number of carbonyl (C=O) groups is 2. The molecule has 38 heavy (non-hydrogen) atoms. The molecule has 0 spiro atoms. The van der Waals surface area contributed by atoms with Gasteiger partial charge in [-0.1, -0.05) is 54.1 Å². The number of carboxylic acid groups (broad SMARTS) is 1. The summed E-state index contributed by atoms with van der Waals surface area (Å²) in [5.41, 5.74) is 2.33. The molecule has 1 fully saturated rings. The monoisotopic (exact) mass is 534 g/mol. The number of nitrogens with one attached hydrogen (secondary N) is 1. The number of carboxylic acids is 1. The van der Waals surface area contributed by atoms with Crippen LogP contribution >= 0.6 is 11.6 Å². The molecule has 1 aliphatic rings. The number of hydrogen-bond donors (Lipinski definition) is 2. The molecular formula is C31H35ClN2O4. The third kappa shape index (κ3) is 7.29. The van der Waals surface area contributed by atoms with E-state index in [4.69, 9.17) is 16.3 Å². The number of piperidine rings is 1. The van der Waals surface area contributed by atoms with Gasteiger partial charge in [-0.15, -0.1) is 0 Å². The fourth-order valence-electron chi connectivity index (χ4n) is 4.75. The minimum Gasteiger partial charge on any atom is -0.478 e. The highest BCUT2D eigenvalue weighted by atomic mass is 35.5. The zero-order chi connectivity index (χ0) is 27.1. The Kier molecular flexibility index (Phi) is 8.95. The zero-order valence-corrected chi connectivity index (χ0v) is 22.7. The summed E-state index contributed by atoms with van der Waals surface area (Å²) in [5, 5.41) is 13.1. The number of benzene rings is 3. The molecule has 0 radical (unpaired) electrons. The lowest BCUT2D eigenvalue weighted by molar-refractivity contribution is -0.152. The first-order valence-corrected chi connectivity index (χ1v) is 13.5. The second kappa shape index (κ2) is 12.4. The number of rotatable bonds is 10. The average molecular weight is 535 g/mol. The Hall–Kier alpha value is -3.51. The normalized spacial score (nSPS) is 14.6.